The Morgan fingerprint density at radius 2 is 1.83 bits per heavy atom. The number of rotatable bonds is 7. The predicted octanol–water partition coefficient (Wildman–Crippen LogP) is 5.19. The van der Waals surface area contributed by atoms with Gasteiger partial charge in [-0.15, -0.1) is 0 Å². The average Bonchev–Trinajstić information content (AvgIpc) is 2.53. The van der Waals surface area contributed by atoms with Gasteiger partial charge >= 0.3 is 0 Å². The third kappa shape index (κ3) is 5.13. The second-order valence-electron chi connectivity index (χ2n) is 5.51. The summed E-state index contributed by atoms with van der Waals surface area (Å²) < 4.78 is 12.5. The highest BCUT2D eigenvalue weighted by molar-refractivity contribution is 9.10. The molecule has 0 aromatic heterocycles. The lowest BCUT2D eigenvalue weighted by atomic mass is 10.1. The van der Waals surface area contributed by atoms with Crippen molar-refractivity contribution >= 4 is 27.5 Å². The standard InChI is InChI=1S/C18H21BrClNO2/c1-12(2)21-10-15-16(19)8-9-17(22-3)18(15)23-11-13-4-6-14(20)7-5-13/h4-9,12,21H,10-11H2,1-3H3. The van der Waals surface area contributed by atoms with Crippen molar-refractivity contribution in [3.05, 3.63) is 57.0 Å². The molecule has 2 rings (SSSR count). The molecule has 23 heavy (non-hydrogen) atoms. The van der Waals surface area contributed by atoms with Gasteiger partial charge in [0.2, 0.25) is 0 Å². The van der Waals surface area contributed by atoms with Crippen LogP contribution in [-0.2, 0) is 13.2 Å². The van der Waals surface area contributed by atoms with Crippen LogP contribution in [0.1, 0.15) is 25.0 Å². The normalized spacial score (nSPS) is 10.9. The van der Waals surface area contributed by atoms with Gasteiger partial charge in [-0.3, -0.25) is 0 Å². The third-order valence-corrected chi connectivity index (χ3v) is 4.37. The molecule has 0 unspecified atom stereocenters. The highest BCUT2D eigenvalue weighted by Gasteiger charge is 2.15. The van der Waals surface area contributed by atoms with E-state index in [-0.39, 0.29) is 0 Å². The number of methoxy groups -OCH3 is 1. The van der Waals surface area contributed by atoms with Crippen molar-refractivity contribution in [3.63, 3.8) is 0 Å². The van der Waals surface area contributed by atoms with E-state index in [1.807, 2.05) is 36.4 Å². The van der Waals surface area contributed by atoms with Crippen molar-refractivity contribution in [1.82, 2.24) is 5.32 Å². The summed E-state index contributed by atoms with van der Waals surface area (Å²) in [6, 6.07) is 11.9. The fourth-order valence-electron chi connectivity index (χ4n) is 2.11. The van der Waals surface area contributed by atoms with Gasteiger partial charge in [0.1, 0.15) is 6.61 Å². The van der Waals surface area contributed by atoms with Crippen LogP contribution in [0.4, 0.5) is 0 Å². The zero-order valence-electron chi connectivity index (χ0n) is 13.5. The number of hydrogen-bond donors (Lipinski definition) is 1. The van der Waals surface area contributed by atoms with Crippen molar-refractivity contribution in [2.75, 3.05) is 7.11 Å². The van der Waals surface area contributed by atoms with E-state index < -0.39 is 0 Å². The summed E-state index contributed by atoms with van der Waals surface area (Å²) in [4.78, 5) is 0. The van der Waals surface area contributed by atoms with Gasteiger partial charge in [-0.2, -0.15) is 0 Å². The van der Waals surface area contributed by atoms with Crippen molar-refractivity contribution in [2.45, 2.75) is 33.0 Å². The molecule has 2 aromatic carbocycles. The van der Waals surface area contributed by atoms with Crippen LogP contribution in [0, 0.1) is 0 Å². The molecule has 0 amide bonds. The van der Waals surface area contributed by atoms with Gasteiger partial charge in [-0.05, 0) is 29.8 Å². The van der Waals surface area contributed by atoms with E-state index >= 15 is 0 Å². The van der Waals surface area contributed by atoms with Gasteiger partial charge in [-0.1, -0.05) is 53.5 Å². The zero-order chi connectivity index (χ0) is 16.8. The first-order valence-electron chi connectivity index (χ1n) is 7.47. The van der Waals surface area contributed by atoms with Gasteiger partial charge in [0.25, 0.3) is 0 Å². The minimum atomic E-state index is 0.386. The van der Waals surface area contributed by atoms with Gasteiger partial charge in [0, 0.05) is 27.6 Å². The van der Waals surface area contributed by atoms with Crippen LogP contribution >= 0.6 is 27.5 Å². The van der Waals surface area contributed by atoms with Crippen LogP contribution in [0.15, 0.2) is 40.9 Å². The Hall–Kier alpha value is -1.23. The summed E-state index contributed by atoms with van der Waals surface area (Å²) in [6.07, 6.45) is 0. The minimum absolute atomic E-state index is 0.386. The van der Waals surface area contributed by atoms with Gasteiger partial charge in [0.15, 0.2) is 11.5 Å². The molecule has 2 aromatic rings. The highest BCUT2D eigenvalue weighted by atomic mass is 79.9. The van der Waals surface area contributed by atoms with Crippen molar-refractivity contribution in [2.24, 2.45) is 0 Å². The molecule has 0 saturated heterocycles. The molecular formula is C18H21BrClNO2. The molecule has 5 heteroatoms. The van der Waals surface area contributed by atoms with Crippen LogP contribution < -0.4 is 14.8 Å². The Labute approximate surface area is 151 Å². The Kier molecular flexibility index (Phi) is 6.75. The van der Waals surface area contributed by atoms with E-state index in [1.54, 1.807) is 7.11 Å². The summed E-state index contributed by atoms with van der Waals surface area (Å²) >= 11 is 9.52. The summed E-state index contributed by atoms with van der Waals surface area (Å²) in [6.45, 7) is 5.38. The summed E-state index contributed by atoms with van der Waals surface area (Å²) in [7, 11) is 1.65. The molecule has 0 bridgehead atoms. The first kappa shape index (κ1) is 18.1. The van der Waals surface area contributed by atoms with E-state index in [2.05, 4.69) is 35.1 Å². The molecule has 0 saturated carbocycles. The molecular weight excluding hydrogens is 378 g/mol. The first-order valence-corrected chi connectivity index (χ1v) is 8.64. The molecule has 0 aliphatic heterocycles. The Bertz CT molecular complexity index is 644. The van der Waals surface area contributed by atoms with Crippen LogP contribution in [0.3, 0.4) is 0 Å². The molecule has 0 fully saturated rings. The fraction of sp³-hybridized carbons (Fsp3) is 0.333. The summed E-state index contributed by atoms with van der Waals surface area (Å²) in [5.74, 6) is 1.48. The van der Waals surface area contributed by atoms with E-state index in [4.69, 9.17) is 21.1 Å². The number of nitrogens with one attached hydrogen (secondary N) is 1. The predicted molar refractivity (Wildman–Crippen MR) is 98.5 cm³/mol. The van der Waals surface area contributed by atoms with Gasteiger partial charge in [-0.25, -0.2) is 0 Å². The molecule has 124 valence electrons. The Morgan fingerprint density at radius 3 is 2.43 bits per heavy atom. The number of ether oxygens (including phenoxy) is 2. The quantitative estimate of drug-likeness (QED) is 0.696. The van der Waals surface area contributed by atoms with E-state index in [0.717, 1.165) is 32.1 Å². The van der Waals surface area contributed by atoms with E-state index in [1.165, 1.54) is 0 Å². The van der Waals surface area contributed by atoms with E-state index in [9.17, 15) is 0 Å². The summed E-state index contributed by atoms with van der Waals surface area (Å²) in [5, 5.41) is 4.14. The SMILES string of the molecule is COc1ccc(Br)c(CNC(C)C)c1OCc1ccc(Cl)cc1. The van der Waals surface area contributed by atoms with Gasteiger partial charge < -0.3 is 14.8 Å². The number of benzene rings is 2. The molecule has 0 aliphatic carbocycles. The van der Waals surface area contributed by atoms with Crippen molar-refractivity contribution < 1.29 is 9.47 Å². The van der Waals surface area contributed by atoms with E-state index in [0.29, 0.717) is 19.2 Å². The first-order chi connectivity index (χ1) is 11.0. The van der Waals surface area contributed by atoms with Crippen LogP contribution in [-0.4, -0.2) is 13.2 Å². The monoisotopic (exact) mass is 397 g/mol. The van der Waals surface area contributed by atoms with Crippen LogP contribution in [0.5, 0.6) is 11.5 Å². The lowest BCUT2D eigenvalue weighted by Crippen LogP contribution is -2.22. The lowest BCUT2D eigenvalue weighted by Gasteiger charge is -2.18. The second kappa shape index (κ2) is 8.57. The van der Waals surface area contributed by atoms with Crippen LogP contribution in [0.25, 0.3) is 0 Å². The third-order valence-electron chi connectivity index (χ3n) is 3.37. The molecule has 0 aliphatic rings. The summed E-state index contributed by atoms with van der Waals surface area (Å²) in [5.41, 5.74) is 2.10. The molecule has 0 heterocycles. The smallest absolute Gasteiger partial charge is 0.167 e. The zero-order valence-corrected chi connectivity index (χ0v) is 15.9. The highest BCUT2D eigenvalue weighted by Crippen LogP contribution is 2.36. The molecule has 1 N–H and O–H groups in total. The Balaban J connectivity index is 2.23. The molecule has 0 radical (unpaired) electrons. The maximum atomic E-state index is 6.06. The Morgan fingerprint density at radius 1 is 1.13 bits per heavy atom. The fourth-order valence-corrected chi connectivity index (χ4v) is 2.69. The molecule has 3 nitrogen and oxygen atoms in total. The minimum Gasteiger partial charge on any atom is -0.493 e. The van der Waals surface area contributed by atoms with Gasteiger partial charge in [0.05, 0.1) is 7.11 Å². The topological polar surface area (TPSA) is 30.5 Å². The molecule has 0 atom stereocenters. The number of hydrogen-bond acceptors (Lipinski definition) is 3. The van der Waals surface area contributed by atoms with Crippen molar-refractivity contribution in [3.8, 4) is 11.5 Å². The lowest BCUT2D eigenvalue weighted by molar-refractivity contribution is 0.280. The molecule has 0 spiro atoms. The average molecular weight is 399 g/mol. The number of halogens is 2. The maximum Gasteiger partial charge on any atom is 0.167 e. The second-order valence-corrected chi connectivity index (χ2v) is 6.80. The maximum absolute atomic E-state index is 6.06. The van der Waals surface area contributed by atoms with Crippen LogP contribution in [0.2, 0.25) is 5.02 Å². The van der Waals surface area contributed by atoms with Crippen molar-refractivity contribution in [1.29, 1.82) is 0 Å². The largest absolute Gasteiger partial charge is 0.493 e.